The largest absolute Gasteiger partial charge is 0.358 e. The maximum Gasteiger partial charge on any atom is 0.242 e. The van der Waals surface area contributed by atoms with Gasteiger partial charge in [-0.2, -0.15) is 0 Å². The minimum Gasteiger partial charge on any atom is -0.358 e. The zero-order valence-corrected chi connectivity index (χ0v) is 11.9. The molecular weight excluding hydrogens is 240 g/mol. The second kappa shape index (κ2) is 5.99. The summed E-state index contributed by atoms with van der Waals surface area (Å²) in [5.74, 6) is 0.814. The van der Waals surface area contributed by atoms with E-state index in [0.717, 1.165) is 24.4 Å². The van der Waals surface area contributed by atoms with Gasteiger partial charge in [0.2, 0.25) is 5.91 Å². The first-order valence-electron chi connectivity index (χ1n) is 6.97. The summed E-state index contributed by atoms with van der Waals surface area (Å²) in [7, 11) is 0. The number of hydrogen-bond donors (Lipinski definition) is 2. The lowest BCUT2D eigenvalue weighted by Crippen LogP contribution is -2.41. The third-order valence-corrected chi connectivity index (χ3v) is 3.30. The molecule has 0 saturated heterocycles. The number of carbonyl (C=O) groups excluding carboxylic acids is 1. The van der Waals surface area contributed by atoms with Crippen LogP contribution in [0, 0.1) is 0 Å². The van der Waals surface area contributed by atoms with Crippen LogP contribution in [0.25, 0.3) is 0 Å². The Bertz CT molecular complexity index is 459. The van der Waals surface area contributed by atoms with Crippen molar-refractivity contribution in [3.63, 3.8) is 0 Å². The van der Waals surface area contributed by atoms with E-state index >= 15 is 0 Å². The van der Waals surface area contributed by atoms with Gasteiger partial charge in [-0.05, 0) is 46.5 Å². The predicted octanol–water partition coefficient (Wildman–Crippen LogP) is 1.68. The minimum atomic E-state index is -0.289. The average Bonchev–Trinajstić information content (AvgIpc) is 2.38. The zero-order chi connectivity index (χ0) is 13.8. The summed E-state index contributed by atoms with van der Waals surface area (Å²) in [5.41, 5.74) is 2.30. The van der Waals surface area contributed by atoms with Gasteiger partial charge in [0.25, 0.3) is 0 Å². The molecule has 1 aliphatic rings. The summed E-state index contributed by atoms with van der Waals surface area (Å²) >= 11 is 0. The summed E-state index contributed by atoms with van der Waals surface area (Å²) < 4.78 is 0. The first-order valence-corrected chi connectivity index (χ1v) is 6.97. The summed E-state index contributed by atoms with van der Waals surface area (Å²) in [6.07, 6.45) is 5.95. The highest BCUT2D eigenvalue weighted by molar-refractivity contribution is 5.84. The Morgan fingerprint density at radius 1 is 1.21 bits per heavy atom. The van der Waals surface area contributed by atoms with Gasteiger partial charge >= 0.3 is 0 Å². The molecule has 0 radical (unpaired) electrons. The highest BCUT2D eigenvalue weighted by Crippen LogP contribution is 2.24. The fourth-order valence-electron chi connectivity index (χ4n) is 2.33. The fourth-order valence-corrected chi connectivity index (χ4v) is 2.33. The van der Waals surface area contributed by atoms with Crippen molar-refractivity contribution in [3.05, 3.63) is 17.6 Å². The van der Waals surface area contributed by atoms with Crippen LogP contribution in [-0.2, 0) is 17.6 Å². The van der Waals surface area contributed by atoms with Crippen molar-refractivity contribution in [2.24, 2.45) is 0 Å². The van der Waals surface area contributed by atoms with Gasteiger partial charge in [-0.15, -0.1) is 0 Å². The molecule has 0 aromatic carbocycles. The van der Waals surface area contributed by atoms with Crippen molar-refractivity contribution >= 4 is 11.7 Å². The lowest BCUT2D eigenvalue weighted by Gasteiger charge is -2.21. The Balaban J connectivity index is 2.08. The number of amides is 1. The summed E-state index contributed by atoms with van der Waals surface area (Å²) in [6, 6.07) is -0.139. The maximum atomic E-state index is 11.9. The van der Waals surface area contributed by atoms with Crippen LogP contribution in [0.1, 0.15) is 44.9 Å². The Kier molecular flexibility index (Phi) is 4.35. The van der Waals surface area contributed by atoms with Crippen LogP contribution < -0.4 is 10.6 Å². The van der Waals surface area contributed by atoms with Crippen LogP contribution in [0.3, 0.4) is 0 Å². The Hall–Kier alpha value is -1.65. The molecule has 5 heteroatoms. The molecule has 0 spiro atoms. The van der Waals surface area contributed by atoms with Crippen LogP contribution in [0.5, 0.6) is 0 Å². The first kappa shape index (κ1) is 13.8. The number of hydrogen-bond acceptors (Lipinski definition) is 4. The third kappa shape index (κ3) is 3.43. The first-order chi connectivity index (χ1) is 9.08. The number of aryl methyl sites for hydroxylation is 1. The molecule has 19 heavy (non-hydrogen) atoms. The van der Waals surface area contributed by atoms with Crippen molar-refractivity contribution in [1.82, 2.24) is 15.3 Å². The van der Waals surface area contributed by atoms with Gasteiger partial charge in [0.05, 0.1) is 0 Å². The summed E-state index contributed by atoms with van der Waals surface area (Å²) in [5, 5.41) is 6.11. The van der Waals surface area contributed by atoms with Gasteiger partial charge in [0.1, 0.15) is 18.2 Å². The van der Waals surface area contributed by atoms with Gasteiger partial charge < -0.3 is 10.6 Å². The molecule has 1 unspecified atom stereocenters. The molecule has 1 aromatic heterocycles. The molecule has 1 aromatic rings. The zero-order valence-electron chi connectivity index (χ0n) is 11.9. The molecule has 2 N–H and O–H groups in total. The standard InChI is InChI=1S/C14H22N4O/c1-9(2)17-14(19)10(3)18-13-11-6-4-5-7-12(11)15-8-16-13/h8-10H,4-7H2,1-3H3,(H,17,19)(H,15,16,18). The molecule has 104 valence electrons. The molecule has 1 atom stereocenters. The van der Waals surface area contributed by atoms with E-state index in [2.05, 4.69) is 20.6 Å². The van der Waals surface area contributed by atoms with Crippen LogP contribution in [0.15, 0.2) is 6.33 Å². The number of nitrogens with zero attached hydrogens (tertiary/aromatic N) is 2. The molecule has 0 bridgehead atoms. The second-order valence-electron chi connectivity index (χ2n) is 5.38. The SMILES string of the molecule is CC(C)NC(=O)C(C)Nc1ncnc2c1CCCC2. The van der Waals surface area contributed by atoms with Gasteiger partial charge in [-0.3, -0.25) is 4.79 Å². The van der Waals surface area contributed by atoms with Gasteiger partial charge in [0, 0.05) is 17.3 Å². The van der Waals surface area contributed by atoms with Gasteiger partial charge in [0.15, 0.2) is 0 Å². The molecule has 0 saturated carbocycles. The highest BCUT2D eigenvalue weighted by atomic mass is 16.2. The van der Waals surface area contributed by atoms with Crippen molar-refractivity contribution in [2.75, 3.05) is 5.32 Å². The number of fused-ring (bicyclic) bond motifs is 1. The number of aromatic nitrogens is 2. The Labute approximate surface area is 114 Å². The van der Waals surface area contributed by atoms with Gasteiger partial charge in [-0.1, -0.05) is 0 Å². The van der Waals surface area contributed by atoms with Crippen LogP contribution >= 0.6 is 0 Å². The lowest BCUT2D eigenvalue weighted by molar-refractivity contribution is -0.122. The average molecular weight is 262 g/mol. The van der Waals surface area contributed by atoms with Crippen LogP contribution in [0.2, 0.25) is 0 Å². The van der Waals surface area contributed by atoms with Crippen molar-refractivity contribution in [1.29, 1.82) is 0 Å². The second-order valence-corrected chi connectivity index (χ2v) is 5.38. The Morgan fingerprint density at radius 2 is 1.95 bits per heavy atom. The molecule has 1 amide bonds. The normalized spacial score (nSPS) is 15.8. The van der Waals surface area contributed by atoms with E-state index in [1.807, 2.05) is 20.8 Å². The molecule has 1 heterocycles. The quantitative estimate of drug-likeness (QED) is 0.866. The molecule has 0 aliphatic heterocycles. The van der Waals surface area contributed by atoms with Crippen LogP contribution in [0.4, 0.5) is 5.82 Å². The molecule has 0 fully saturated rings. The smallest absolute Gasteiger partial charge is 0.242 e. The number of nitrogens with one attached hydrogen (secondary N) is 2. The lowest BCUT2D eigenvalue weighted by atomic mass is 9.96. The van der Waals surface area contributed by atoms with E-state index in [1.165, 1.54) is 18.4 Å². The van der Waals surface area contributed by atoms with E-state index in [9.17, 15) is 4.79 Å². The number of rotatable bonds is 4. The van der Waals surface area contributed by atoms with E-state index in [0.29, 0.717) is 0 Å². The fraction of sp³-hybridized carbons (Fsp3) is 0.643. The van der Waals surface area contributed by atoms with E-state index in [4.69, 9.17) is 0 Å². The van der Waals surface area contributed by atoms with Crippen molar-refractivity contribution < 1.29 is 4.79 Å². The molecule has 2 rings (SSSR count). The summed E-state index contributed by atoms with van der Waals surface area (Å²) in [4.78, 5) is 20.5. The molecule has 5 nitrogen and oxygen atoms in total. The van der Waals surface area contributed by atoms with Crippen molar-refractivity contribution in [2.45, 2.75) is 58.5 Å². The van der Waals surface area contributed by atoms with E-state index < -0.39 is 0 Å². The number of carbonyl (C=O) groups is 1. The minimum absolute atomic E-state index is 0.00169. The number of anilines is 1. The van der Waals surface area contributed by atoms with E-state index in [-0.39, 0.29) is 18.0 Å². The molecule has 1 aliphatic carbocycles. The Morgan fingerprint density at radius 3 is 2.68 bits per heavy atom. The molecular formula is C14H22N4O. The van der Waals surface area contributed by atoms with Crippen LogP contribution in [-0.4, -0.2) is 28.0 Å². The highest BCUT2D eigenvalue weighted by Gasteiger charge is 2.19. The van der Waals surface area contributed by atoms with Crippen molar-refractivity contribution in [3.8, 4) is 0 Å². The monoisotopic (exact) mass is 262 g/mol. The summed E-state index contributed by atoms with van der Waals surface area (Å²) in [6.45, 7) is 5.77. The van der Waals surface area contributed by atoms with E-state index in [1.54, 1.807) is 6.33 Å². The predicted molar refractivity (Wildman–Crippen MR) is 75.0 cm³/mol. The topological polar surface area (TPSA) is 66.9 Å². The maximum absolute atomic E-state index is 11.9. The van der Waals surface area contributed by atoms with Gasteiger partial charge in [-0.25, -0.2) is 9.97 Å². The third-order valence-electron chi connectivity index (χ3n) is 3.30.